The highest BCUT2D eigenvalue weighted by molar-refractivity contribution is 5.44. The maximum absolute atomic E-state index is 4.39. The second-order valence-corrected chi connectivity index (χ2v) is 5.50. The Morgan fingerprint density at radius 3 is 2.79 bits per heavy atom. The van der Waals surface area contributed by atoms with Gasteiger partial charge in [-0.1, -0.05) is 12.1 Å². The van der Waals surface area contributed by atoms with Crippen LogP contribution in [0, 0.1) is 13.8 Å². The third-order valence-electron chi connectivity index (χ3n) is 4.05. The summed E-state index contributed by atoms with van der Waals surface area (Å²) in [5, 5.41) is 3.43. The number of hydrogen-bond acceptors (Lipinski definition) is 2. The molecule has 0 aliphatic carbocycles. The van der Waals surface area contributed by atoms with E-state index in [1.54, 1.807) is 0 Å². The lowest BCUT2D eigenvalue weighted by molar-refractivity contribution is 0.449. The van der Waals surface area contributed by atoms with Gasteiger partial charge in [-0.2, -0.15) is 0 Å². The molecular weight excluding hydrogens is 234 g/mol. The number of hydrogen-bond donors (Lipinski definition) is 1. The van der Waals surface area contributed by atoms with Crippen LogP contribution < -0.4 is 5.32 Å². The maximum atomic E-state index is 4.39. The van der Waals surface area contributed by atoms with Crippen LogP contribution in [0.2, 0.25) is 0 Å². The number of rotatable bonds is 2. The first-order chi connectivity index (χ1) is 9.25. The van der Waals surface area contributed by atoms with Crippen LogP contribution in [0.4, 0.5) is 0 Å². The van der Waals surface area contributed by atoms with Crippen molar-refractivity contribution in [3.8, 4) is 5.69 Å². The number of benzene rings is 1. The van der Waals surface area contributed by atoms with E-state index in [-0.39, 0.29) is 0 Å². The van der Waals surface area contributed by atoms with Crippen molar-refractivity contribution < 1.29 is 0 Å². The molecule has 0 bridgehead atoms. The highest BCUT2D eigenvalue weighted by Gasteiger charge is 2.19. The van der Waals surface area contributed by atoms with Crippen LogP contribution in [0.3, 0.4) is 0 Å². The lowest BCUT2D eigenvalue weighted by Crippen LogP contribution is -2.27. The van der Waals surface area contributed by atoms with Crippen molar-refractivity contribution in [3.05, 3.63) is 47.5 Å². The summed E-state index contributed by atoms with van der Waals surface area (Å²) in [4.78, 5) is 4.39. The van der Waals surface area contributed by atoms with Gasteiger partial charge in [0.2, 0.25) is 0 Å². The Balaban J connectivity index is 2.01. The fraction of sp³-hybridized carbons (Fsp3) is 0.438. The molecule has 0 radical (unpaired) electrons. The second kappa shape index (κ2) is 5.17. The van der Waals surface area contributed by atoms with Crippen LogP contribution in [0.5, 0.6) is 0 Å². The summed E-state index contributed by atoms with van der Waals surface area (Å²) in [7, 11) is 0. The molecule has 1 N–H and O–H groups in total. The smallest absolute Gasteiger partial charge is 0.0994 e. The molecule has 3 nitrogen and oxygen atoms in total. The zero-order valence-corrected chi connectivity index (χ0v) is 11.7. The van der Waals surface area contributed by atoms with E-state index in [1.165, 1.54) is 35.3 Å². The van der Waals surface area contributed by atoms with Crippen molar-refractivity contribution in [1.82, 2.24) is 14.9 Å². The highest BCUT2D eigenvalue weighted by Crippen LogP contribution is 2.28. The number of imidazole rings is 1. The zero-order chi connectivity index (χ0) is 13.2. The van der Waals surface area contributed by atoms with Crippen molar-refractivity contribution in [2.45, 2.75) is 32.6 Å². The van der Waals surface area contributed by atoms with Gasteiger partial charge in [-0.25, -0.2) is 4.98 Å². The van der Waals surface area contributed by atoms with Gasteiger partial charge in [-0.15, -0.1) is 0 Å². The lowest BCUT2D eigenvalue weighted by Gasteiger charge is -2.24. The minimum atomic E-state index is 0.628. The third-order valence-corrected chi connectivity index (χ3v) is 4.05. The molecule has 3 rings (SSSR count). The van der Waals surface area contributed by atoms with Crippen molar-refractivity contribution in [1.29, 1.82) is 0 Å². The molecule has 1 aliphatic heterocycles. The molecule has 1 aromatic carbocycles. The van der Waals surface area contributed by atoms with Crippen LogP contribution in [-0.4, -0.2) is 22.6 Å². The van der Waals surface area contributed by atoms with E-state index >= 15 is 0 Å². The van der Waals surface area contributed by atoms with Gasteiger partial charge in [0.25, 0.3) is 0 Å². The molecule has 2 heterocycles. The van der Waals surface area contributed by atoms with Gasteiger partial charge in [0.05, 0.1) is 6.33 Å². The average molecular weight is 255 g/mol. The molecule has 19 heavy (non-hydrogen) atoms. The molecule has 1 fully saturated rings. The number of aromatic nitrogens is 2. The lowest BCUT2D eigenvalue weighted by atomic mass is 9.94. The van der Waals surface area contributed by atoms with Crippen LogP contribution in [0.1, 0.15) is 35.6 Å². The van der Waals surface area contributed by atoms with Gasteiger partial charge in [-0.05, 0) is 57.0 Å². The molecule has 0 atom stereocenters. The monoisotopic (exact) mass is 255 g/mol. The van der Waals surface area contributed by atoms with E-state index in [4.69, 9.17) is 0 Å². The predicted molar refractivity (Wildman–Crippen MR) is 77.9 cm³/mol. The zero-order valence-electron chi connectivity index (χ0n) is 11.7. The Kier molecular flexibility index (Phi) is 3.38. The van der Waals surface area contributed by atoms with E-state index in [0.717, 1.165) is 13.1 Å². The summed E-state index contributed by atoms with van der Waals surface area (Å²) in [5.41, 5.74) is 5.23. The van der Waals surface area contributed by atoms with Crippen molar-refractivity contribution >= 4 is 0 Å². The Labute approximate surface area is 114 Å². The fourth-order valence-corrected chi connectivity index (χ4v) is 2.91. The topological polar surface area (TPSA) is 29.9 Å². The van der Waals surface area contributed by atoms with Crippen LogP contribution in [-0.2, 0) is 0 Å². The number of nitrogens with one attached hydrogen (secondary N) is 1. The SMILES string of the molecule is Cc1ccc(C)c(-n2cncc2C2CCNCC2)c1. The quantitative estimate of drug-likeness (QED) is 0.894. The first-order valence-electron chi connectivity index (χ1n) is 7.06. The first kappa shape index (κ1) is 12.4. The molecule has 1 aromatic heterocycles. The fourth-order valence-electron chi connectivity index (χ4n) is 2.91. The summed E-state index contributed by atoms with van der Waals surface area (Å²) >= 11 is 0. The minimum Gasteiger partial charge on any atom is -0.317 e. The summed E-state index contributed by atoms with van der Waals surface area (Å²) in [5.74, 6) is 0.628. The van der Waals surface area contributed by atoms with E-state index in [1.807, 2.05) is 12.5 Å². The molecule has 1 aliphatic rings. The molecule has 0 unspecified atom stereocenters. The average Bonchev–Trinajstić information content (AvgIpc) is 2.91. The Morgan fingerprint density at radius 1 is 1.21 bits per heavy atom. The van der Waals surface area contributed by atoms with Crippen LogP contribution in [0.25, 0.3) is 5.69 Å². The standard InChI is InChI=1S/C16H21N3/c1-12-3-4-13(2)15(9-12)19-11-18-10-16(19)14-5-7-17-8-6-14/h3-4,9-11,14,17H,5-8H2,1-2H3. The molecule has 0 spiro atoms. The Morgan fingerprint density at radius 2 is 2.00 bits per heavy atom. The molecule has 0 amide bonds. The number of aryl methyl sites for hydroxylation is 2. The van der Waals surface area contributed by atoms with Crippen molar-refractivity contribution in [2.24, 2.45) is 0 Å². The molecule has 0 saturated carbocycles. The van der Waals surface area contributed by atoms with Gasteiger partial charge >= 0.3 is 0 Å². The normalized spacial score (nSPS) is 16.7. The Hall–Kier alpha value is -1.61. The molecule has 1 saturated heterocycles. The van der Waals surface area contributed by atoms with Gasteiger partial charge in [-0.3, -0.25) is 0 Å². The van der Waals surface area contributed by atoms with Crippen LogP contribution in [0.15, 0.2) is 30.7 Å². The second-order valence-electron chi connectivity index (χ2n) is 5.50. The van der Waals surface area contributed by atoms with Gasteiger partial charge in [0.15, 0.2) is 0 Å². The molecule has 3 heteroatoms. The van der Waals surface area contributed by atoms with Gasteiger partial charge in [0, 0.05) is 23.5 Å². The van der Waals surface area contributed by atoms with Gasteiger partial charge in [0.1, 0.15) is 0 Å². The number of piperidine rings is 1. The summed E-state index contributed by atoms with van der Waals surface area (Å²) < 4.78 is 2.28. The third kappa shape index (κ3) is 2.43. The van der Waals surface area contributed by atoms with Crippen molar-refractivity contribution in [3.63, 3.8) is 0 Å². The van der Waals surface area contributed by atoms with E-state index in [2.05, 4.69) is 46.9 Å². The van der Waals surface area contributed by atoms with E-state index in [9.17, 15) is 0 Å². The summed E-state index contributed by atoms with van der Waals surface area (Å²) in [6.45, 7) is 6.54. The van der Waals surface area contributed by atoms with E-state index < -0.39 is 0 Å². The molecule has 100 valence electrons. The van der Waals surface area contributed by atoms with Crippen molar-refractivity contribution in [2.75, 3.05) is 13.1 Å². The summed E-state index contributed by atoms with van der Waals surface area (Å²) in [6, 6.07) is 6.61. The minimum absolute atomic E-state index is 0.628. The largest absolute Gasteiger partial charge is 0.317 e. The van der Waals surface area contributed by atoms with Gasteiger partial charge < -0.3 is 9.88 Å². The maximum Gasteiger partial charge on any atom is 0.0994 e. The summed E-state index contributed by atoms with van der Waals surface area (Å²) in [6.07, 6.45) is 6.41. The number of nitrogens with zero attached hydrogens (tertiary/aromatic N) is 2. The highest BCUT2D eigenvalue weighted by atomic mass is 15.1. The Bertz CT molecular complexity index is 565. The van der Waals surface area contributed by atoms with Crippen LogP contribution >= 0.6 is 0 Å². The predicted octanol–water partition coefficient (Wildman–Crippen LogP) is 2.96. The van der Waals surface area contributed by atoms with E-state index in [0.29, 0.717) is 5.92 Å². The molecular formula is C16H21N3. The molecule has 2 aromatic rings. The first-order valence-corrected chi connectivity index (χ1v) is 7.06.